The van der Waals surface area contributed by atoms with Gasteiger partial charge in [-0.05, 0) is 20.3 Å². The van der Waals surface area contributed by atoms with Crippen molar-refractivity contribution in [3.63, 3.8) is 0 Å². The van der Waals surface area contributed by atoms with E-state index in [1.807, 2.05) is 5.38 Å². The Kier molecular flexibility index (Phi) is 7.87. The number of halogens is 1. The Hall–Kier alpha value is -0.120. The number of ether oxygens (including phenoxy) is 1. The van der Waals surface area contributed by atoms with Crippen molar-refractivity contribution in [1.82, 2.24) is 4.98 Å². The van der Waals surface area contributed by atoms with E-state index in [2.05, 4.69) is 25.8 Å². The van der Waals surface area contributed by atoms with Crippen LogP contribution in [0.1, 0.15) is 69.7 Å². The summed E-state index contributed by atoms with van der Waals surface area (Å²) >= 11 is 7.39. The maximum Gasteiger partial charge on any atom is 0.122 e. The second-order valence-electron chi connectivity index (χ2n) is 4.75. The normalized spacial score (nSPS) is 14.7. The standard InChI is InChI=1S/C14H24ClNOS/c1-4-5-6-7-8-11(2)17-12(3)14-16-13(9-15)10-18-14/h10-12H,4-9H2,1-3H3. The van der Waals surface area contributed by atoms with Gasteiger partial charge in [0.05, 0.1) is 17.7 Å². The molecule has 2 atom stereocenters. The maximum absolute atomic E-state index is 5.98. The predicted octanol–water partition coefficient (Wildman–Crippen LogP) is 5.32. The highest BCUT2D eigenvalue weighted by molar-refractivity contribution is 7.09. The van der Waals surface area contributed by atoms with E-state index in [-0.39, 0.29) is 6.10 Å². The molecule has 0 amide bonds. The molecule has 0 N–H and O–H groups in total. The molecule has 1 aromatic rings. The number of rotatable bonds is 9. The number of hydrogen-bond acceptors (Lipinski definition) is 3. The zero-order valence-electron chi connectivity index (χ0n) is 11.6. The largest absolute Gasteiger partial charge is 0.368 e. The number of nitrogens with zero attached hydrogens (tertiary/aromatic N) is 1. The summed E-state index contributed by atoms with van der Waals surface area (Å²) in [5.74, 6) is 0.482. The summed E-state index contributed by atoms with van der Waals surface area (Å²) in [6.45, 7) is 6.46. The van der Waals surface area contributed by atoms with Crippen molar-refractivity contribution in [1.29, 1.82) is 0 Å². The van der Waals surface area contributed by atoms with E-state index in [1.54, 1.807) is 11.3 Å². The first kappa shape index (κ1) is 15.9. The summed E-state index contributed by atoms with van der Waals surface area (Å²) in [6, 6.07) is 0. The van der Waals surface area contributed by atoms with Crippen LogP contribution in [0.5, 0.6) is 0 Å². The minimum absolute atomic E-state index is 0.0770. The maximum atomic E-state index is 5.98. The number of alkyl halides is 1. The van der Waals surface area contributed by atoms with Crippen LogP contribution in [0.4, 0.5) is 0 Å². The summed E-state index contributed by atoms with van der Waals surface area (Å²) in [5, 5.41) is 3.04. The molecule has 1 aromatic heterocycles. The third kappa shape index (κ3) is 5.68. The Morgan fingerprint density at radius 3 is 2.72 bits per heavy atom. The molecule has 0 aliphatic rings. The molecule has 1 heterocycles. The number of unbranched alkanes of at least 4 members (excludes halogenated alkanes) is 3. The van der Waals surface area contributed by atoms with Gasteiger partial charge in [0.1, 0.15) is 11.1 Å². The van der Waals surface area contributed by atoms with E-state index in [9.17, 15) is 0 Å². The van der Waals surface area contributed by atoms with Crippen LogP contribution in [0.2, 0.25) is 0 Å². The lowest BCUT2D eigenvalue weighted by molar-refractivity contribution is 0.00147. The van der Waals surface area contributed by atoms with Gasteiger partial charge in [0, 0.05) is 5.38 Å². The van der Waals surface area contributed by atoms with Gasteiger partial charge < -0.3 is 4.74 Å². The van der Waals surface area contributed by atoms with Crippen LogP contribution >= 0.6 is 22.9 Å². The molecule has 0 aliphatic carbocycles. The van der Waals surface area contributed by atoms with E-state index in [0.717, 1.165) is 17.1 Å². The SMILES string of the molecule is CCCCCCC(C)OC(C)c1nc(CCl)cs1. The number of thiazole rings is 1. The lowest BCUT2D eigenvalue weighted by Crippen LogP contribution is -2.11. The minimum Gasteiger partial charge on any atom is -0.368 e. The van der Waals surface area contributed by atoms with Gasteiger partial charge in [-0.15, -0.1) is 22.9 Å². The molecular weight excluding hydrogens is 266 g/mol. The first-order chi connectivity index (χ1) is 8.67. The van der Waals surface area contributed by atoms with Gasteiger partial charge in [0.2, 0.25) is 0 Å². The van der Waals surface area contributed by atoms with E-state index >= 15 is 0 Å². The van der Waals surface area contributed by atoms with Crippen molar-refractivity contribution in [2.45, 2.75) is 71.0 Å². The van der Waals surface area contributed by atoms with Gasteiger partial charge in [0.25, 0.3) is 0 Å². The van der Waals surface area contributed by atoms with E-state index in [0.29, 0.717) is 12.0 Å². The van der Waals surface area contributed by atoms with Crippen LogP contribution in [0.25, 0.3) is 0 Å². The van der Waals surface area contributed by atoms with Crippen molar-refractivity contribution < 1.29 is 4.74 Å². The highest BCUT2D eigenvalue weighted by atomic mass is 35.5. The van der Waals surface area contributed by atoms with Crippen LogP contribution < -0.4 is 0 Å². The second kappa shape index (κ2) is 8.89. The molecule has 0 saturated carbocycles. The summed E-state index contributed by atoms with van der Waals surface area (Å²) in [4.78, 5) is 4.45. The zero-order valence-corrected chi connectivity index (χ0v) is 13.2. The summed E-state index contributed by atoms with van der Waals surface area (Å²) in [7, 11) is 0. The smallest absolute Gasteiger partial charge is 0.122 e. The molecule has 18 heavy (non-hydrogen) atoms. The molecule has 0 radical (unpaired) electrons. The average Bonchev–Trinajstić information content (AvgIpc) is 2.83. The van der Waals surface area contributed by atoms with E-state index in [1.165, 1.54) is 25.7 Å². The molecule has 0 bridgehead atoms. The molecule has 0 fully saturated rings. The third-order valence-corrected chi connectivity index (χ3v) is 4.28. The van der Waals surface area contributed by atoms with Crippen molar-refractivity contribution >= 4 is 22.9 Å². The van der Waals surface area contributed by atoms with E-state index < -0.39 is 0 Å². The average molecular weight is 290 g/mol. The molecule has 104 valence electrons. The van der Waals surface area contributed by atoms with Gasteiger partial charge in [0.15, 0.2) is 0 Å². The van der Waals surface area contributed by atoms with Crippen LogP contribution in [-0.4, -0.2) is 11.1 Å². The topological polar surface area (TPSA) is 22.1 Å². The fourth-order valence-electron chi connectivity index (χ4n) is 1.90. The molecule has 2 unspecified atom stereocenters. The van der Waals surface area contributed by atoms with Gasteiger partial charge in [-0.3, -0.25) is 0 Å². The quantitative estimate of drug-likeness (QED) is 0.453. The Balaban J connectivity index is 2.28. The molecule has 4 heteroatoms. The fourth-order valence-corrected chi connectivity index (χ4v) is 2.94. The first-order valence-corrected chi connectivity index (χ1v) is 8.24. The highest BCUT2D eigenvalue weighted by Gasteiger charge is 2.14. The Bertz CT molecular complexity index is 329. The van der Waals surface area contributed by atoms with Crippen LogP contribution in [0, 0.1) is 0 Å². The van der Waals surface area contributed by atoms with Gasteiger partial charge in [-0.2, -0.15) is 0 Å². The summed E-state index contributed by atoms with van der Waals surface area (Å²) in [5.41, 5.74) is 0.947. The van der Waals surface area contributed by atoms with E-state index in [4.69, 9.17) is 16.3 Å². The monoisotopic (exact) mass is 289 g/mol. The first-order valence-electron chi connectivity index (χ1n) is 6.83. The number of hydrogen-bond donors (Lipinski definition) is 0. The lowest BCUT2D eigenvalue weighted by Gasteiger charge is -2.17. The molecule has 0 aliphatic heterocycles. The van der Waals surface area contributed by atoms with Gasteiger partial charge >= 0.3 is 0 Å². The second-order valence-corrected chi connectivity index (χ2v) is 5.91. The number of aromatic nitrogens is 1. The highest BCUT2D eigenvalue weighted by Crippen LogP contribution is 2.24. The van der Waals surface area contributed by atoms with Crippen molar-refractivity contribution in [3.8, 4) is 0 Å². The Labute approximate surface area is 120 Å². The summed E-state index contributed by atoms with van der Waals surface area (Å²) in [6.07, 6.45) is 6.70. The van der Waals surface area contributed by atoms with Crippen LogP contribution in [0.3, 0.4) is 0 Å². The van der Waals surface area contributed by atoms with Crippen LogP contribution in [0.15, 0.2) is 5.38 Å². The molecule has 0 spiro atoms. The third-order valence-electron chi connectivity index (χ3n) is 2.95. The molecule has 0 saturated heterocycles. The lowest BCUT2D eigenvalue weighted by atomic mass is 10.1. The van der Waals surface area contributed by atoms with Crippen LogP contribution in [-0.2, 0) is 10.6 Å². The minimum atomic E-state index is 0.0770. The summed E-state index contributed by atoms with van der Waals surface area (Å²) < 4.78 is 5.98. The molecule has 2 nitrogen and oxygen atoms in total. The predicted molar refractivity (Wildman–Crippen MR) is 79.4 cm³/mol. The van der Waals surface area contributed by atoms with Crippen molar-refractivity contribution in [3.05, 3.63) is 16.1 Å². The van der Waals surface area contributed by atoms with Crippen molar-refractivity contribution in [2.24, 2.45) is 0 Å². The zero-order chi connectivity index (χ0) is 13.4. The molecule has 1 rings (SSSR count). The van der Waals surface area contributed by atoms with Gasteiger partial charge in [-0.1, -0.05) is 32.6 Å². The fraction of sp³-hybridized carbons (Fsp3) is 0.786. The Morgan fingerprint density at radius 2 is 2.11 bits per heavy atom. The molecule has 0 aromatic carbocycles. The van der Waals surface area contributed by atoms with Gasteiger partial charge in [-0.25, -0.2) is 4.98 Å². The van der Waals surface area contributed by atoms with Crippen molar-refractivity contribution in [2.75, 3.05) is 0 Å². The Morgan fingerprint density at radius 1 is 1.33 bits per heavy atom. The molecular formula is C14H24ClNOS.